The number of halogens is 2. The van der Waals surface area contributed by atoms with Crippen LogP contribution in [0.15, 0.2) is 36.4 Å². The molecule has 0 radical (unpaired) electrons. The van der Waals surface area contributed by atoms with Gasteiger partial charge in [-0.2, -0.15) is 11.8 Å². The first kappa shape index (κ1) is 23.5. The molecule has 0 bridgehead atoms. The van der Waals surface area contributed by atoms with Crippen LogP contribution in [0.2, 0.25) is 0 Å². The number of thioether (sulfide) groups is 1. The van der Waals surface area contributed by atoms with Crippen molar-refractivity contribution in [2.24, 2.45) is 0 Å². The average Bonchev–Trinajstić information content (AvgIpc) is 3.28. The van der Waals surface area contributed by atoms with Crippen molar-refractivity contribution in [1.82, 2.24) is 10.2 Å². The van der Waals surface area contributed by atoms with Crippen molar-refractivity contribution in [2.45, 2.75) is 31.2 Å². The highest BCUT2D eigenvalue weighted by Gasteiger charge is 2.40. The Bertz CT molecular complexity index is 1020. The lowest BCUT2D eigenvalue weighted by Crippen LogP contribution is -2.56. The molecule has 1 saturated heterocycles. The molecule has 1 heterocycles. The number of nitrogens with one attached hydrogen (secondary N) is 2. The van der Waals surface area contributed by atoms with E-state index >= 15 is 0 Å². The van der Waals surface area contributed by atoms with E-state index in [9.17, 15) is 23.5 Å². The summed E-state index contributed by atoms with van der Waals surface area (Å²) in [6, 6.07) is 6.65. The second-order valence-corrected chi connectivity index (χ2v) is 9.78. The van der Waals surface area contributed by atoms with Gasteiger partial charge in [0, 0.05) is 60.1 Å². The van der Waals surface area contributed by atoms with Crippen LogP contribution in [0.5, 0.6) is 5.75 Å². The molecule has 2 aliphatic rings. The Kier molecular flexibility index (Phi) is 7.19. The number of phenolic OH excluding ortho intramolecular Hbond substituents is 1. The number of hydrogen-bond acceptors (Lipinski definition) is 5. The van der Waals surface area contributed by atoms with Crippen molar-refractivity contribution in [2.75, 3.05) is 36.5 Å². The van der Waals surface area contributed by atoms with Crippen molar-refractivity contribution < 1.29 is 23.5 Å². The molecule has 176 valence electrons. The SMILES string of the molecule is O=C(Nc1ccc(C(=O)NCC2(N3CCSCC3)CCCC2)c(O)c1)c1cc(F)cc(F)c1. The molecular weight excluding hydrogens is 448 g/mol. The summed E-state index contributed by atoms with van der Waals surface area (Å²) < 4.78 is 26.7. The lowest BCUT2D eigenvalue weighted by atomic mass is 9.94. The molecular formula is C24H27F2N3O3S. The van der Waals surface area contributed by atoms with Crippen molar-refractivity contribution in [3.8, 4) is 5.75 Å². The highest BCUT2D eigenvalue weighted by molar-refractivity contribution is 7.99. The molecule has 33 heavy (non-hydrogen) atoms. The second-order valence-electron chi connectivity index (χ2n) is 8.56. The first-order chi connectivity index (χ1) is 15.9. The van der Waals surface area contributed by atoms with Crippen LogP contribution in [0.4, 0.5) is 14.5 Å². The zero-order valence-corrected chi connectivity index (χ0v) is 19.0. The van der Waals surface area contributed by atoms with Crippen molar-refractivity contribution in [1.29, 1.82) is 0 Å². The molecule has 0 atom stereocenters. The fourth-order valence-electron chi connectivity index (χ4n) is 4.71. The molecule has 1 aliphatic heterocycles. The number of anilines is 1. The Morgan fingerprint density at radius 1 is 1.00 bits per heavy atom. The first-order valence-electron chi connectivity index (χ1n) is 11.1. The van der Waals surface area contributed by atoms with Crippen LogP contribution in [0.1, 0.15) is 46.4 Å². The molecule has 0 unspecified atom stereocenters. The van der Waals surface area contributed by atoms with E-state index in [0.29, 0.717) is 12.6 Å². The molecule has 0 aromatic heterocycles. The Hall–Kier alpha value is -2.65. The van der Waals surface area contributed by atoms with Gasteiger partial charge in [0.05, 0.1) is 5.56 Å². The van der Waals surface area contributed by atoms with Crippen molar-refractivity contribution in [3.63, 3.8) is 0 Å². The molecule has 4 rings (SSSR count). The predicted molar refractivity (Wildman–Crippen MR) is 125 cm³/mol. The van der Waals surface area contributed by atoms with E-state index in [2.05, 4.69) is 15.5 Å². The molecule has 2 aromatic carbocycles. The highest BCUT2D eigenvalue weighted by Crippen LogP contribution is 2.36. The standard InChI is InChI=1S/C24H27F2N3O3S/c25-17-11-16(12-18(26)13-17)22(31)28-19-3-4-20(21(30)14-19)23(32)27-15-24(5-1-2-6-24)29-7-9-33-10-8-29/h3-4,11-14,30H,1-2,5-10,15H2,(H,27,32)(H,28,31). The zero-order chi connectivity index (χ0) is 23.4. The third kappa shape index (κ3) is 5.47. The molecule has 9 heteroatoms. The van der Waals surface area contributed by atoms with E-state index < -0.39 is 17.5 Å². The molecule has 2 aromatic rings. The Morgan fingerprint density at radius 3 is 2.30 bits per heavy atom. The third-order valence-electron chi connectivity index (χ3n) is 6.42. The normalized spacial score (nSPS) is 18.1. The summed E-state index contributed by atoms with van der Waals surface area (Å²) in [4.78, 5) is 27.6. The maximum absolute atomic E-state index is 13.4. The van der Waals surface area contributed by atoms with Crippen LogP contribution in [-0.4, -0.2) is 58.5 Å². The Labute approximate surface area is 195 Å². The molecule has 1 aliphatic carbocycles. The molecule has 6 nitrogen and oxygen atoms in total. The van der Waals surface area contributed by atoms with E-state index in [0.717, 1.165) is 62.4 Å². The van der Waals surface area contributed by atoms with Crippen LogP contribution in [0.3, 0.4) is 0 Å². The van der Waals surface area contributed by atoms with E-state index in [1.807, 2.05) is 11.8 Å². The van der Waals surface area contributed by atoms with Gasteiger partial charge in [0.25, 0.3) is 11.8 Å². The summed E-state index contributed by atoms with van der Waals surface area (Å²) in [6.45, 7) is 2.57. The van der Waals surface area contributed by atoms with Gasteiger partial charge < -0.3 is 15.7 Å². The van der Waals surface area contributed by atoms with Gasteiger partial charge in [0.2, 0.25) is 0 Å². The summed E-state index contributed by atoms with van der Waals surface area (Å²) in [6.07, 6.45) is 4.40. The van der Waals surface area contributed by atoms with Gasteiger partial charge in [-0.25, -0.2) is 8.78 Å². The summed E-state index contributed by atoms with van der Waals surface area (Å²) in [5, 5.41) is 15.9. The van der Waals surface area contributed by atoms with E-state index in [1.165, 1.54) is 18.2 Å². The second kappa shape index (κ2) is 10.1. The highest BCUT2D eigenvalue weighted by atomic mass is 32.2. The number of amides is 2. The maximum atomic E-state index is 13.4. The third-order valence-corrected chi connectivity index (χ3v) is 7.36. The van der Waals surface area contributed by atoms with Crippen LogP contribution in [0, 0.1) is 11.6 Å². The smallest absolute Gasteiger partial charge is 0.255 e. The minimum Gasteiger partial charge on any atom is -0.507 e. The van der Waals surface area contributed by atoms with E-state index in [4.69, 9.17) is 0 Å². The van der Waals surface area contributed by atoms with Gasteiger partial charge in [-0.3, -0.25) is 14.5 Å². The average molecular weight is 476 g/mol. The summed E-state index contributed by atoms with van der Waals surface area (Å²) >= 11 is 1.96. The van der Waals surface area contributed by atoms with Gasteiger partial charge in [0.15, 0.2) is 0 Å². The largest absolute Gasteiger partial charge is 0.507 e. The molecule has 2 amide bonds. The minimum atomic E-state index is -0.863. The van der Waals surface area contributed by atoms with E-state index in [-0.39, 0.29) is 34.0 Å². The summed E-state index contributed by atoms with van der Waals surface area (Å²) in [5.74, 6) is -0.914. The summed E-state index contributed by atoms with van der Waals surface area (Å²) in [5.41, 5.74) is 0.0937. The molecule has 1 saturated carbocycles. The number of nitrogens with zero attached hydrogens (tertiary/aromatic N) is 1. The van der Waals surface area contributed by atoms with Gasteiger partial charge >= 0.3 is 0 Å². The lowest BCUT2D eigenvalue weighted by molar-refractivity contribution is 0.0815. The number of benzene rings is 2. The fourth-order valence-corrected chi connectivity index (χ4v) is 5.61. The maximum Gasteiger partial charge on any atom is 0.255 e. The number of carbonyl (C=O) groups excluding carboxylic acids is 2. The number of aromatic hydroxyl groups is 1. The number of hydrogen-bond donors (Lipinski definition) is 3. The summed E-state index contributed by atoms with van der Waals surface area (Å²) in [7, 11) is 0. The van der Waals surface area contributed by atoms with Crippen LogP contribution >= 0.6 is 11.8 Å². The minimum absolute atomic E-state index is 0.0274. The van der Waals surface area contributed by atoms with Crippen molar-refractivity contribution >= 4 is 29.3 Å². The molecule has 2 fully saturated rings. The van der Waals surface area contributed by atoms with Gasteiger partial charge in [-0.15, -0.1) is 0 Å². The fraction of sp³-hybridized carbons (Fsp3) is 0.417. The molecule has 0 spiro atoms. The predicted octanol–water partition coefficient (Wildman–Crippen LogP) is 4.01. The first-order valence-corrected chi connectivity index (χ1v) is 12.2. The van der Waals surface area contributed by atoms with Crippen LogP contribution < -0.4 is 10.6 Å². The Balaban J connectivity index is 1.41. The van der Waals surface area contributed by atoms with Crippen molar-refractivity contribution in [3.05, 3.63) is 59.2 Å². The Morgan fingerprint density at radius 2 is 1.67 bits per heavy atom. The quantitative estimate of drug-likeness (QED) is 0.588. The van der Waals surface area contributed by atoms with Gasteiger partial charge in [-0.05, 0) is 37.1 Å². The topological polar surface area (TPSA) is 81.7 Å². The monoisotopic (exact) mass is 475 g/mol. The molecule has 3 N–H and O–H groups in total. The number of rotatable bonds is 6. The number of phenols is 1. The van der Waals surface area contributed by atoms with E-state index in [1.54, 1.807) is 0 Å². The zero-order valence-electron chi connectivity index (χ0n) is 18.2. The van der Waals surface area contributed by atoms with Crippen LogP contribution in [0.25, 0.3) is 0 Å². The van der Waals surface area contributed by atoms with Gasteiger partial charge in [0.1, 0.15) is 17.4 Å². The van der Waals surface area contributed by atoms with Crippen LogP contribution in [-0.2, 0) is 0 Å². The van der Waals surface area contributed by atoms with Gasteiger partial charge in [-0.1, -0.05) is 12.8 Å². The lowest BCUT2D eigenvalue weighted by Gasteiger charge is -2.43. The number of carbonyl (C=O) groups is 2.